The van der Waals surface area contributed by atoms with E-state index in [9.17, 15) is 29.4 Å². The minimum atomic E-state index is -1.62. The van der Waals surface area contributed by atoms with Gasteiger partial charge < -0.3 is 10.2 Å². The Morgan fingerprint density at radius 2 is 1.27 bits per heavy atom. The van der Waals surface area contributed by atoms with Crippen LogP contribution in [-0.4, -0.2) is 47.4 Å². The molecule has 1 rings (SSSR count). The fourth-order valence-electron chi connectivity index (χ4n) is 3.03. The SMILES string of the molecule is O=C=NCCC1(C(=O)O)CC=CCC1(CCN=C=O)C(=O)O. The van der Waals surface area contributed by atoms with Crippen LogP contribution in [0.3, 0.4) is 0 Å². The highest BCUT2D eigenvalue weighted by molar-refractivity contribution is 5.87. The largest absolute Gasteiger partial charge is 0.481 e. The number of carboxylic acids is 2. The number of nitrogens with zero attached hydrogens (tertiary/aromatic N) is 2. The van der Waals surface area contributed by atoms with E-state index in [0.29, 0.717) is 0 Å². The van der Waals surface area contributed by atoms with E-state index >= 15 is 0 Å². The molecule has 0 aromatic heterocycles. The average molecular weight is 308 g/mol. The molecule has 0 aromatic carbocycles. The molecule has 0 saturated heterocycles. The Morgan fingerprint density at radius 3 is 1.55 bits per heavy atom. The van der Waals surface area contributed by atoms with E-state index in [-0.39, 0.29) is 38.8 Å². The van der Waals surface area contributed by atoms with E-state index in [1.54, 1.807) is 12.2 Å². The van der Waals surface area contributed by atoms with Gasteiger partial charge in [-0.2, -0.15) is 0 Å². The number of carboxylic acid groups (broad SMARTS) is 2. The van der Waals surface area contributed by atoms with Crippen LogP contribution in [0.2, 0.25) is 0 Å². The number of allylic oxidation sites excluding steroid dienone is 2. The van der Waals surface area contributed by atoms with Crippen LogP contribution in [0.15, 0.2) is 22.1 Å². The summed E-state index contributed by atoms with van der Waals surface area (Å²) in [5.41, 5.74) is -3.24. The molecule has 118 valence electrons. The van der Waals surface area contributed by atoms with E-state index in [2.05, 4.69) is 9.98 Å². The molecule has 1 aliphatic rings. The molecule has 8 heteroatoms. The predicted octanol–water partition coefficient (Wildman–Crippen LogP) is 0.930. The van der Waals surface area contributed by atoms with Crippen molar-refractivity contribution in [3.8, 4) is 0 Å². The lowest BCUT2D eigenvalue weighted by atomic mass is 9.54. The molecule has 2 atom stereocenters. The van der Waals surface area contributed by atoms with Crippen molar-refractivity contribution in [2.45, 2.75) is 25.7 Å². The normalized spacial score (nSPS) is 26.5. The van der Waals surface area contributed by atoms with Crippen molar-refractivity contribution in [1.82, 2.24) is 0 Å². The second-order valence-corrected chi connectivity index (χ2v) is 5.10. The zero-order chi connectivity index (χ0) is 16.6. The minimum absolute atomic E-state index is 0.00775. The maximum absolute atomic E-state index is 11.9. The molecule has 0 spiro atoms. The van der Waals surface area contributed by atoms with Crippen molar-refractivity contribution in [3.05, 3.63) is 12.2 Å². The van der Waals surface area contributed by atoms with Gasteiger partial charge in [0.15, 0.2) is 0 Å². The first kappa shape index (κ1) is 17.5. The standard InChI is InChI=1S/C14H16N2O6/c17-9-15-7-5-13(11(19)20)3-1-2-4-14(13,12(21)22)6-8-16-10-18/h1-2H,3-8H2,(H,19,20)(H,21,22). The maximum Gasteiger partial charge on any atom is 0.311 e. The zero-order valence-corrected chi connectivity index (χ0v) is 11.8. The molecular formula is C14H16N2O6. The summed E-state index contributed by atoms with van der Waals surface area (Å²) in [6.45, 7) is -0.259. The molecule has 22 heavy (non-hydrogen) atoms. The second-order valence-electron chi connectivity index (χ2n) is 5.10. The molecular weight excluding hydrogens is 292 g/mol. The van der Waals surface area contributed by atoms with Gasteiger partial charge in [-0.15, -0.1) is 0 Å². The Kier molecular flexibility index (Phi) is 5.92. The summed E-state index contributed by atoms with van der Waals surface area (Å²) in [4.78, 5) is 50.8. The van der Waals surface area contributed by atoms with Gasteiger partial charge in [0, 0.05) is 0 Å². The Morgan fingerprint density at radius 1 is 0.909 bits per heavy atom. The van der Waals surface area contributed by atoms with Crippen molar-refractivity contribution >= 4 is 24.1 Å². The van der Waals surface area contributed by atoms with Crippen molar-refractivity contribution < 1.29 is 29.4 Å². The van der Waals surface area contributed by atoms with E-state index in [4.69, 9.17) is 0 Å². The molecule has 8 nitrogen and oxygen atoms in total. The molecule has 0 amide bonds. The van der Waals surface area contributed by atoms with E-state index in [1.807, 2.05) is 0 Å². The second kappa shape index (κ2) is 7.45. The highest BCUT2D eigenvalue weighted by Gasteiger charge is 2.60. The van der Waals surface area contributed by atoms with Gasteiger partial charge in [0.2, 0.25) is 12.2 Å². The van der Waals surface area contributed by atoms with Crippen LogP contribution in [0, 0.1) is 10.8 Å². The summed E-state index contributed by atoms with van der Waals surface area (Å²) in [6.07, 6.45) is 5.66. The summed E-state index contributed by atoms with van der Waals surface area (Å²) < 4.78 is 0. The third-order valence-electron chi connectivity index (χ3n) is 4.26. The van der Waals surface area contributed by atoms with Crippen molar-refractivity contribution in [2.75, 3.05) is 13.1 Å². The van der Waals surface area contributed by atoms with Gasteiger partial charge in [-0.3, -0.25) is 9.59 Å². The van der Waals surface area contributed by atoms with Gasteiger partial charge in [0.1, 0.15) is 0 Å². The lowest BCUT2D eigenvalue weighted by molar-refractivity contribution is -0.176. The van der Waals surface area contributed by atoms with Crippen LogP contribution in [0.1, 0.15) is 25.7 Å². The van der Waals surface area contributed by atoms with Crippen LogP contribution >= 0.6 is 0 Å². The monoisotopic (exact) mass is 308 g/mol. The highest BCUT2D eigenvalue weighted by atomic mass is 16.4. The first-order valence-electron chi connectivity index (χ1n) is 6.66. The summed E-state index contributed by atoms with van der Waals surface area (Å²) in [6, 6.07) is 0. The van der Waals surface area contributed by atoms with Gasteiger partial charge in [-0.25, -0.2) is 19.6 Å². The number of hydrogen-bond acceptors (Lipinski definition) is 6. The third-order valence-corrected chi connectivity index (χ3v) is 4.26. The van der Waals surface area contributed by atoms with E-state index in [1.165, 1.54) is 12.2 Å². The number of carbonyl (C=O) groups excluding carboxylic acids is 2. The molecule has 0 aliphatic heterocycles. The van der Waals surface area contributed by atoms with E-state index < -0.39 is 22.8 Å². The number of carbonyl (C=O) groups is 2. The molecule has 2 N–H and O–H groups in total. The topological polar surface area (TPSA) is 133 Å². The number of hydrogen-bond donors (Lipinski definition) is 2. The molecule has 0 heterocycles. The molecule has 1 aliphatic carbocycles. The van der Waals surface area contributed by atoms with Gasteiger partial charge in [-0.05, 0) is 25.7 Å². The lowest BCUT2D eigenvalue weighted by Crippen LogP contribution is -2.54. The minimum Gasteiger partial charge on any atom is -0.481 e. The summed E-state index contributed by atoms with van der Waals surface area (Å²) >= 11 is 0. The van der Waals surface area contributed by atoms with Crippen LogP contribution in [-0.2, 0) is 19.2 Å². The van der Waals surface area contributed by atoms with Crippen LogP contribution in [0.4, 0.5) is 0 Å². The van der Waals surface area contributed by atoms with Gasteiger partial charge in [-0.1, -0.05) is 12.2 Å². The Balaban J connectivity index is 3.33. The van der Waals surface area contributed by atoms with Crippen LogP contribution in [0.25, 0.3) is 0 Å². The third kappa shape index (κ3) is 3.03. The molecule has 0 aromatic rings. The summed E-state index contributed by atoms with van der Waals surface area (Å²) in [5.74, 6) is -2.54. The van der Waals surface area contributed by atoms with Crippen molar-refractivity contribution in [2.24, 2.45) is 20.8 Å². The molecule has 0 fully saturated rings. The lowest BCUT2D eigenvalue weighted by Gasteiger charge is -2.46. The first-order valence-corrected chi connectivity index (χ1v) is 6.66. The number of rotatable bonds is 8. The van der Waals surface area contributed by atoms with Crippen molar-refractivity contribution in [3.63, 3.8) is 0 Å². The number of aliphatic carboxylic acids is 2. The Hall–Kier alpha value is -2.56. The zero-order valence-electron chi connectivity index (χ0n) is 11.8. The molecule has 0 radical (unpaired) electrons. The quantitative estimate of drug-likeness (QED) is 0.389. The average Bonchev–Trinajstić information content (AvgIpc) is 2.48. The highest BCUT2D eigenvalue weighted by Crippen LogP contribution is 2.53. The van der Waals surface area contributed by atoms with Gasteiger partial charge >= 0.3 is 11.9 Å². The smallest absolute Gasteiger partial charge is 0.311 e. The summed E-state index contributed by atoms with van der Waals surface area (Å²) in [5, 5.41) is 19.4. The number of aliphatic imine (C=N–C) groups is 2. The fourth-order valence-corrected chi connectivity index (χ4v) is 3.03. The van der Waals surface area contributed by atoms with Crippen LogP contribution < -0.4 is 0 Å². The predicted molar refractivity (Wildman–Crippen MR) is 73.7 cm³/mol. The van der Waals surface area contributed by atoms with Gasteiger partial charge in [0.05, 0.1) is 23.9 Å². The fraction of sp³-hybridized carbons (Fsp3) is 0.571. The van der Waals surface area contributed by atoms with Crippen LogP contribution in [0.5, 0.6) is 0 Å². The molecule has 2 unspecified atom stereocenters. The summed E-state index contributed by atoms with van der Waals surface area (Å²) in [7, 11) is 0. The first-order chi connectivity index (χ1) is 10.5. The molecule has 0 bridgehead atoms. The number of isocyanates is 2. The maximum atomic E-state index is 11.9. The van der Waals surface area contributed by atoms with Crippen molar-refractivity contribution in [1.29, 1.82) is 0 Å². The van der Waals surface area contributed by atoms with E-state index in [0.717, 1.165) is 0 Å². The Labute approximate surface area is 126 Å². The molecule has 0 saturated carbocycles. The Bertz CT molecular complexity index is 524. The van der Waals surface area contributed by atoms with Gasteiger partial charge in [0.25, 0.3) is 0 Å².